The number of esters is 2. The standard InChI is InChI=1S/C47H80O15/c1-3-5-7-9-11-13-15-16-17-18-20-22-24-26-28-30-39(50)60-35(32-57-38(49)29-27-25-23-21-19-14-12-10-8-6-4-2)33-58-46-45(56)43(54)41(52)37(62-46)34-59-47-44(55)42(53)40(51)36(31-48)61-47/h5,7,11,13,16-17,20,22,35-37,40-48,51-56H,3-4,6,8-10,12,14-15,18-19,21,23-34H2,1-2H3/b7-5+,13-11+,17-16+,22-20+/t35-,36-,37-,40+,41+,42?,43?,44?,45?,46-,47-/m1/s1. The molecule has 2 rings (SSSR count). The highest BCUT2D eigenvalue weighted by molar-refractivity contribution is 5.70. The summed E-state index contributed by atoms with van der Waals surface area (Å²) in [5, 5.41) is 71.9. The first-order chi connectivity index (χ1) is 30.0. The second-order valence-corrected chi connectivity index (χ2v) is 16.2. The Morgan fingerprint density at radius 1 is 0.532 bits per heavy atom. The van der Waals surface area contributed by atoms with E-state index < -0.39 is 99.3 Å². The van der Waals surface area contributed by atoms with Gasteiger partial charge in [0, 0.05) is 12.8 Å². The van der Waals surface area contributed by atoms with Crippen LogP contribution < -0.4 is 0 Å². The topological polar surface area (TPSA) is 231 Å². The minimum Gasteiger partial charge on any atom is -0.462 e. The molecule has 0 radical (unpaired) electrons. The van der Waals surface area contributed by atoms with Gasteiger partial charge in [-0.25, -0.2) is 0 Å². The first kappa shape index (κ1) is 55.6. The summed E-state index contributed by atoms with van der Waals surface area (Å²) in [6.45, 7) is 2.39. The Morgan fingerprint density at radius 2 is 1.02 bits per heavy atom. The number of rotatable bonds is 34. The van der Waals surface area contributed by atoms with Crippen molar-refractivity contribution in [3.63, 3.8) is 0 Å². The Balaban J connectivity index is 1.88. The number of unbranched alkanes of at least 4 members (excludes halogenated alkanes) is 12. The van der Waals surface area contributed by atoms with Crippen molar-refractivity contribution in [1.82, 2.24) is 0 Å². The molecule has 0 aromatic rings. The highest BCUT2D eigenvalue weighted by Gasteiger charge is 2.47. The summed E-state index contributed by atoms with van der Waals surface area (Å²) in [6, 6.07) is 0. The fourth-order valence-electron chi connectivity index (χ4n) is 6.97. The molecular formula is C47H80O15. The molecule has 11 atom stereocenters. The predicted octanol–water partition coefficient (Wildman–Crippen LogP) is 5.15. The van der Waals surface area contributed by atoms with E-state index in [0.29, 0.717) is 12.8 Å². The van der Waals surface area contributed by atoms with Gasteiger partial charge in [-0.2, -0.15) is 0 Å². The molecule has 0 aromatic carbocycles. The van der Waals surface area contributed by atoms with Gasteiger partial charge in [-0.05, 0) is 51.4 Å². The lowest BCUT2D eigenvalue weighted by Crippen LogP contribution is -2.61. The Hall–Kier alpha value is -2.54. The van der Waals surface area contributed by atoms with Gasteiger partial charge in [0.2, 0.25) is 0 Å². The molecule has 0 spiro atoms. The second kappa shape index (κ2) is 34.8. The summed E-state index contributed by atoms with van der Waals surface area (Å²) in [6.07, 6.45) is 18.7. The molecule has 2 aliphatic rings. The summed E-state index contributed by atoms with van der Waals surface area (Å²) in [5.74, 6) is -0.977. The smallest absolute Gasteiger partial charge is 0.306 e. The molecule has 15 heteroatoms. The third-order valence-corrected chi connectivity index (χ3v) is 10.8. The molecule has 0 saturated carbocycles. The molecule has 2 aliphatic heterocycles. The second-order valence-electron chi connectivity index (χ2n) is 16.2. The Labute approximate surface area is 369 Å². The maximum Gasteiger partial charge on any atom is 0.306 e. The summed E-state index contributed by atoms with van der Waals surface area (Å²) in [5.41, 5.74) is 0. The quantitative estimate of drug-likeness (QED) is 0.0252. The van der Waals surface area contributed by atoms with Crippen LogP contribution in [0.5, 0.6) is 0 Å². The van der Waals surface area contributed by atoms with Gasteiger partial charge in [-0.1, -0.05) is 127 Å². The van der Waals surface area contributed by atoms with Crippen molar-refractivity contribution in [2.45, 2.75) is 210 Å². The van der Waals surface area contributed by atoms with Crippen molar-refractivity contribution in [2.75, 3.05) is 26.4 Å². The Kier molecular flexibility index (Phi) is 31.2. The number of aliphatic hydroxyl groups is 7. The number of aliphatic hydroxyl groups excluding tert-OH is 7. The van der Waals surface area contributed by atoms with Crippen LogP contribution in [0.15, 0.2) is 48.6 Å². The van der Waals surface area contributed by atoms with Crippen molar-refractivity contribution < 1.29 is 73.8 Å². The van der Waals surface area contributed by atoms with Crippen LogP contribution in [0.25, 0.3) is 0 Å². The van der Waals surface area contributed by atoms with Gasteiger partial charge in [-0.3, -0.25) is 9.59 Å². The minimum absolute atomic E-state index is 0.113. The first-order valence-electron chi connectivity index (χ1n) is 23.2. The average molecular weight is 885 g/mol. The number of carbonyl (C=O) groups excluding carboxylic acids is 2. The molecule has 2 saturated heterocycles. The van der Waals surface area contributed by atoms with Crippen LogP contribution >= 0.6 is 0 Å². The Bertz CT molecular complexity index is 1270. The molecule has 0 amide bonds. The largest absolute Gasteiger partial charge is 0.462 e. The van der Waals surface area contributed by atoms with Crippen molar-refractivity contribution in [3.8, 4) is 0 Å². The fourth-order valence-corrected chi connectivity index (χ4v) is 6.97. The molecule has 0 aliphatic carbocycles. The van der Waals surface area contributed by atoms with E-state index in [1.807, 2.05) is 0 Å². The van der Waals surface area contributed by atoms with Crippen LogP contribution in [-0.2, 0) is 38.0 Å². The summed E-state index contributed by atoms with van der Waals surface area (Å²) in [7, 11) is 0. The minimum atomic E-state index is -1.77. The summed E-state index contributed by atoms with van der Waals surface area (Å²) in [4.78, 5) is 25.6. The van der Waals surface area contributed by atoms with Crippen LogP contribution in [-0.4, -0.2) is 142 Å². The zero-order valence-corrected chi connectivity index (χ0v) is 37.3. The number of allylic oxidation sites excluding steroid dienone is 8. The third kappa shape index (κ3) is 23.4. The highest BCUT2D eigenvalue weighted by atomic mass is 16.7. The van der Waals surface area contributed by atoms with Crippen molar-refractivity contribution in [2.24, 2.45) is 0 Å². The van der Waals surface area contributed by atoms with E-state index in [1.165, 1.54) is 44.9 Å². The lowest BCUT2D eigenvalue weighted by molar-refractivity contribution is -0.332. The van der Waals surface area contributed by atoms with Gasteiger partial charge in [0.1, 0.15) is 55.4 Å². The summed E-state index contributed by atoms with van der Waals surface area (Å²) < 4.78 is 33.4. The molecule has 358 valence electrons. The molecule has 0 aromatic heterocycles. The molecule has 2 heterocycles. The molecule has 15 nitrogen and oxygen atoms in total. The lowest BCUT2D eigenvalue weighted by Gasteiger charge is -2.42. The van der Waals surface area contributed by atoms with Gasteiger partial charge >= 0.3 is 11.9 Å². The van der Waals surface area contributed by atoms with Gasteiger partial charge in [-0.15, -0.1) is 0 Å². The summed E-state index contributed by atoms with van der Waals surface area (Å²) >= 11 is 0. The van der Waals surface area contributed by atoms with Gasteiger partial charge < -0.3 is 64.2 Å². The van der Waals surface area contributed by atoms with E-state index in [1.54, 1.807) is 0 Å². The monoisotopic (exact) mass is 885 g/mol. The van der Waals surface area contributed by atoms with Gasteiger partial charge in [0.25, 0.3) is 0 Å². The van der Waals surface area contributed by atoms with Gasteiger partial charge in [0.15, 0.2) is 18.7 Å². The first-order valence-corrected chi connectivity index (χ1v) is 23.2. The average Bonchev–Trinajstić information content (AvgIpc) is 3.26. The molecule has 2 fully saturated rings. The van der Waals surface area contributed by atoms with Crippen molar-refractivity contribution in [1.29, 1.82) is 0 Å². The van der Waals surface area contributed by atoms with E-state index in [9.17, 15) is 45.3 Å². The number of hydrogen-bond acceptors (Lipinski definition) is 15. The maximum absolute atomic E-state index is 12.9. The molecule has 0 bridgehead atoms. The van der Waals surface area contributed by atoms with E-state index in [0.717, 1.165) is 57.8 Å². The number of hydrogen-bond donors (Lipinski definition) is 7. The zero-order valence-electron chi connectivity index (χ0n) is 37.3. The van der Waals surface area contributed by atoms with Crippen LogP contribution in [0.2, 0.25) is 0 Å². The fraction of sp³-hybridized carbons (Fsp3) is 0.787. The molecule has 4 unspecified atom stereocenters. The van der Waals surface area contributed by atoms with E-state index in [2.05, 4.69) is 62.5 Å². The van der Waals surface area contributed by atoms with Crippen molar-refractivity contribution in [3.05, 3.63) is 48.6 Å². The zero-order chi connectivity index (χ0) is 45.4. The number of carbonyl (C=O) groups is 2. The normalized spacial score (nSPS) is 27.5. The molecular weight excluding hydrogens is 805 g/mol. The van der Waals surface area contributed by atoms with E-state index >= 15 is 0 Å². The van der Waals surface area contributed by atoms with Crippen molar-refractivity contribution >= 4 is 11.9 Å². The van der Waals surface area contributed by atoms with Gasteiger partial charge in [0.05, 0.1) is 19.8 Å². The molecule has 62 heavy (non-hydrogen) atoms. The van der Waals surface area contributed by atoms with E-state index in [4.69, 9.17) is 28.4 Å². The van der Waals surface area contributed by atoms with E-state index in [-0.39, 0.29) is 19.4 Å². The van der Waals surface area contributed by atoms with Crippen LogP contribution in [0.1, 0.15) is 142 Å². The van der Waals surface area contributed by atoms with Crippen LogP contribution in [0.4, 0.5) is 0 Å². The maximum atomic E-state index is 12.9. The highest BCUT2D eigenvalue weighted by Crippen LogP contribution is 2.26. The number of ether oxygens (including phenoxy) is 6. The Morgan fingerprint density at radius 3 is 1.60 bits per heavy atom. The molecule has 7 N–H and O–H groups in total. The van der Waals surface area contributed by atoms with Crippen LogP contribution in [0.3, 0.4) is 0 Å². The third-order valence-electron chi connectivity index (χ3n) is 10.8. The van der Waals surface area contributed by atoms with Crippen LogP contribution in [0, 0.1) is 0 Å². The predicted molar refractivity (Wildman–Crippen MR) is 233 cm³/mol. The lowest BCUT2D eigenvalue weighted by atomic mass is 9.98. The SMILES string of the molecule is CC/C=C/C/C=C/C/C=C/C/C=C/CCCCC(=O)O[C@H](COC(=O)CCCCCCCCCCCCC)CO[C@@H]1O[C@H](CO[C@@H]2O[C@H](CO)[C@H](O)C(O)C2O)[C@H](O)C(O)C1O.